The van der Waals surface area contributed by atoms with Crippen molar-refractivity contribution in [1.29, 1.82) is 0 Å². The molecule has 2 N–H and O–H groups in total. The molecule has 122 valence electrons. The first kappa shape index (κ1) is 15.7. The van der Waals surface area contributed by atoms with Crippen LogP contribution in [0.15, 0.2) is 47.0 Å². The Morgan fingerprint density at radius 2 is 1.71 bits per heavy atom. The Kier molecular flexibility index (Phi) is 4.29. The first-order valence-electron chi connectivity index (χ1n) is 7.54. The van der Waals surface area contributed by atoms with E-state index in [0.29, 0.717) is 22.7 Å². The normalized spacial score (nSPS) is 10.6. The molecule has 0 unspecified atom stereocenters. The summed E-state index contributed by atoms with van der Waals surface area (Å²) in [4.78, 5) is 23.2. The maximum Gasteiger partial charge on any atom is 0.230 e. The van der Waals surface area contributed by atoms with Gasteiger partial charge in [0.15, 0.2) is 5.58 Å². The highest BCUT2D eigenvalue weighted by molar-refractivity contribution is 5.95. The monoisotopic (exact) mass is 323 g/mol. The fourth-order valence-corrected chi connectivity index (χ4v) is 2.43. The lowest BCUT2D eigenvalue weighted by Crippen LogP contribution is -2.14. The largest absolute Gasteiger partial charge is 0.356 e. The zero-order chi connectivity index (χ0) is 17.1. The van der Waals surface area contributed by atoms with Gasteiger partial charge in [0, 0.05) is 23.7 Å². The topological polar surface area (TPSA) is 84.2 Å². The predicted octanol–water partition coefficient (Wildman–Crippen LogP) is 3.28. The summed E-state index contributed by atoms with van der Waals surface area (Å²) in [5, 5.41) is 10.3. The summed E-state index contributed by atoms with van der Waals surface area (Å²) in [6, 6.07) is 12.7. The number of nitrogens with one attached hydrogen (secondary N) is 2. The minimum absolute atomic E-state index is 0.129. The number of benzene rings is 2. The Hall–Kier alpha value is -3.15. The number of fused-ring (bicyclic) bond motifs is 1. The lowest BCUT2D eigenvalue weighted by molar-refractivity contribution is -0.116. The van der Waals surface area contributed by atoms with Crippen molar-refractivity contribution in [1.82, 2.24) is 5.16 Å². The van der Waals surface area contributed by atoms with Crippen molar-refractivity contribution in [2.75, 3.05) is 10.6 Å². The molecule has 0 aliphatic rings. The van der Waals surface area contributed by atoms with Gasteiger partial charge in [0.2, 0.25) is 11.8 Å². The van der Waals surface area contributed by atoms with Gasteiger partial charge in [-0.25, -0.2) is 0 Å². The van der Waals surface area contributed by atoms with E-state index in [4.69, 9.17) is 4.52 Å². The molecule has 0 aliphatic carbocycles. The lowest BCUT2D eigenvalue weighted by atomic mass is 10.1. The van der Waals surface area contributed by atoms with Gasteiger partial charge < -0.3 is 15.2 Å². The van der Waals surface area contributed by atoms with Crippen LogP contribution < -0.4 is 10.6 Å². The molecule has 3 aromatic rings. The number of hydrogen-bond donors (Lipinski definition) is 2. The van der Waals surface area contributed by atoms with Gasteiger partial charge >= 0.3 is 0 Å². The van der Waals surface area contributed by atoms with Crippen molar-refractivity contribution in [3.05, 3.63) is 53.7 Å². The van der Waals surface area contributed by atoms with Crippen LogP contribution in [0.5, 0.6) is 0 Å². The van der Waals surface area contributed by atoms with E-state index >= 15 is 0 Å². The summed E-state index contributed by atoms with van der Waals surface area (Å²) in [5.74, 6) is -0.320. The Labute approximate surface area is 138 Å². The van der Waals surface area contributed by atoms with Crippen LogP contribution in [0.4, 0.5) is 11.4 Å². The highest BCUT2D eigenvalue weighted by Gasteiger charge is 2.12. The lowest BCUT2D eigenvalue weighted by Gasteiger charge is -2.06. The fraction of sp³-hybridized carbons (Fsp3) is 0.167. The van der Waals surface area contributed by atoms with Crippen molar-refractivity contribution < 1.29 is 14.1 Å². The Morgan fingerprint density at radius 1 is 1.04 bits per heavy atom. The molecule has 3 rings (SSSR count). The maximum atomic E-state index is 12.2. The second-order valence-corrected chi connectivity index (χ2v) is 5.61. The molecule has 0 spiro atoms. The summed E-state index contributed by atoms with van der Waals surface area (Å²) >= 11 is 0. The van der Waals surface area contributed by atoms with E-state index in [1.54, 1.807) is 24.3 Å². The predicted molar refractivity (Wildman–Crippen MR) is 91.8 cm³/mol. The van der Waals surface area contributed by atoms with Gasteiger partial charge in [-0.1, -0.05) is 16.8 Å². The highest BCUT2D eigenvalue weighted by atomic mass is 16.5. The molecule has 0 saturated heterocycles. The molecule has 1 heterocycles. The smallest absolute Gasteiger partial charge is 0.230 e. The maximum absolute atomic E-state index is 12.2. The third-order valence-electron chi connectivity index (χ3n) is 3.52. The standard InChI is InChI=1S/C18H17N3O3/c1-11-3-8-17-15(9-11)16(21-24-17)10-18(23)20-14-6-4-13(5-7-14)19-12(2)22/h3-9H,10H2,1-2H3,(H,19,22)(H,20,23). The second kappa shape index (κ2) is 6.54. The molecule has 2 aromatic carbocycles. The van der Waals surface area contributed by atoms with E-state index in [9.17, 15) is 9.59 Å². The quantitative estimate of drug-likeness (QED) is 0.772. The highest BCUT2D eigenvalue weighted by Crippen LogP contribution is 2.21. The van der Waals surface area contributed by atoms with Crippen molar-refractivity contribution in [3.8, 4) is 0 Å². The molecule has 1 aromatic heterocycles. The molecule has 0 aliphatic heterocycles. The second-order valence-electron chi connectivity index (χ2n) is 5.61. The summed E-state index contributed by atoms with van der Waals surface area (Å²) in [6.45, 7) is 3.42. The minimum Gasteiger partial charge on any atom is -0.356 e. The van der Waals surface area contributed by atoms with Crippen LogP contribution in [0.1, 0.15) is 18.2 Å². The van der Waals surface area contributed by atoms with E-state index in [1.165, 1.54) is 6.92 Å². The molecule has 24 heavy (non-hydrogen) atoms. The van der Waals surface area contributed by atoms with Crippen molar-refractivity contribution in [2.45, 2.75) is 20.3 Å². The average molecular weight is 323 g/mol. The number of anilines is 2. The number of carbonyl (C=O) groups is 2. The zero-order valence-corrected chi connectivity index (χ0v) is 13.4. The van der Waals surface area contributed by atoms with Crippen LogP contribution in [0.25, 0.3) is 11.0 Å². The number of carbonyl (C=O) groups excluding carboxylic acids is 2. The van der Waals surface area contributed by atoms with Crippen LogP contribution >= 0.6 is 0 Å². The van der Waals surface area contributed by atoms with E-state index < -0.39 is 0 Å². The molecule has 0 bridgehead atoms. The molecular formula is C18H17N3O3. The third-order valence-corrected chi connectivity index (χ3v) is 3.52. The van der Waals surface area contributed by atoms with Crippen LogP contribution in [0.2, 0.25) is 0 Å². The van der Waals surface area contributed by atoms with Crippen molar-refractivity contribution in [3.63, 3.8) is 0 Å². The first-order valence-corrected chi connectivity index (χ1v) is 7.54. The Bertz CT molecular complexity index is 898. The van der Waals surface area contributed by atoms with Gasteiger partial charge in [-0.05, 0) is 43.3 Å². The van der Waals surface area contributed by atoms with Gasteiger partial charge in [0.05, 0.1) is 6.42 Å². The average Bonchev–Trinajstić information content (AvgIpc) is 2.91. The summed E-state index contributed by atoms with van der Waals surface area (Å²) in [6.07, 6.45) is 0.129. The Morgan fingerprint density at radius 3 is 2.38 bits per heavy atom. The number of aryl methyl sites for hydroxylation is 1. The number of amides is 2. The molecular weight excluding hydrogens is 306 g/mol. The zero-order valence-electron chi connectivity index (χ0n) is 13.4. The molecule has 2 amide bonds. The summed E-state index contributed by atoms with van der Waals surface area (Å²) in [5.41, 5.74) is 3.70. The van der Waals surface area contributed by atoms with Gasteiger partial charge in [-0.3, -0.25) is 9.59 Å². The van der Waals surface area contributed by atoms with Crippen LogP contribution in [0.3, 0.4) is 0 Å². The fourth-order valence-electron chi connectivity index (χ4n) is 2.43. The number of rotatable bonds is 4. The van der Waals surface area contributed by atoms with Crippen LogP contribution in [-0.2, 0) is 16.0 Å². The van der Waals surface area contributed by atoms with E-state index in [1.807, 2.05) is 25.1 Å². The van der Waals surface area contributed by atoms with Gasteiger partial charge in [-0.2, -0.15) is 0 Å². The van der Waals surface area contributed by atoms with E-state index in [0.717, 1.165) is 10.9 Å². The molecule has 0 atom stereocenters. The first-order chi connectivity index (χ1) is 11.5. The molecule has 6 nitrogen and oxygen atoms in total. The number of aromatic nitrogens is 1. The van der Waals surface area contributed by atoms with Crippen molar-refractivity contribution >= 4 is 34.2 Å². The van der Waals surface area contributed by atoms with Crippen molar-refractivity contribution in [2.24, 2.45) is 0 Å². The van der Waals surface area contributed by atoms with E-state index in [-0.39, 0.29) is 18.2 Å². The Balaban J connectivity index is 1.68. The minimum atomic E-state index is -0.181. The van der Waals surface area contributed by atoms with Gasteiger partial charge in [0.1, 0.15) is 5.69 Å². The summed E-state index contributed by atoms with van der Waals surface area (Å²) < 4.78 is 5.24. The van der Waals surface area contributed by atoms with Gasteiger partial charge in [-0.15, -0.1) is 0 Å². The van der Waals surface area contributed by atoms with E-state index in [2.05, 4.69) is 15.8 Å². The van der Waals surface area contributed by atoms with Crippen LogP contribution in [0, 0.1) is 6.92 Å². The molecule has 0 fully saturated rings. The SMILES string of the molecule is CC(=O)Nc1ccc(NC(=O)Cc2noc3ccc(C)cc23)cc1. The molecule has 6 heteroatoms. The third kappa shape index (κ3) is 3.60. The number of hydrogen-bond acceptors (Lipinski definition) is 4. The molecule has 0 saturated carbocycles. The summed E-state index contributed by atoms with van der Waals surface area (Å²) in [7, 11) is 0. The molecule has 0 radical (unpaired) electrons. The van der Waals surface area contributed by atoms with Crippen LogP contribution in [-0.4, -0.2) is 17.0 Å². The van der Waals surface area contributed by atoms with Gasteiger partial charge in [0.25, 0.3) is 0 Å². The number of nitrogens with zero attached hydrogens (tertiary/aromatic N) is 1.